The van der Waals surface area contributed by atoms with Crippen molar-refractivity contribution in [3.05, 3.63) is 36.2 Å². The van der Waals surface area contributed by atoms with Crippen molar-refractivity contribution in [2.75, 3.05) is 0 Å². The van der Waals surface area contributed by atoms with Crippen LogP contribution < -0.4 is 5.73 Å². The molecule has 2 N–H and O–H groups in total. The van der Waals surface area contributed by atoms with Gasteiger partial charge in [-0.25, -0.2) is 0 Å². The van der Waals surface area contributed by atoms with Crippen molar-refractivity contribution < 1.29 is 0 Å². The molecule has 2 heteroatoms. The Bertz CT molecular complexity index is 236. The third-order valence-electron chi connectivity index (χ3n) is 1.51. The van der Waals surface area contributed by atoms with E-state index in [0.29, 0.717) is 0 Å². The van der Waals surface area contributed by atoms with E-state index in [2.05, 4.69) is 11.6 Å². The average molecular weight is 148 g/mol. The fraction of sp³-hybridized carbons (Fsp3) is 0.222. The fourth-order valence-electron chi connectivity index (χ4n) is 0.807. The van der Waals surface area contributed by atoms with E-state index in [9.17, 15) is 0 Å². The predicted molar refractivity (Wildman–Crippen MR) is 46.9 cm³/mol. The SMILES string of the molecule is C=Cc1ccc(C(C)N)nc1. The van der Waals surface area contributed by atoms with Crippen LogP contribution in [0.15, 0.2) is 24.9 Å². The third kappa shape index (κ3) is 1.88. The molecule has 11 heavy (non-hydrogen) atoms. The zero-order valence-corrected chi connectivity index (χ0v) is 6.62. The maximum absolute atomic E-state index is 5.62. The Kier molecular flexibility index (Phi) is 2.39. The van der Waals surface area contributed by atoms with Crippen LogP contribution in [0.5, 0.6) is 0 Å². The Morgan fingerprint density at radius 1 is 1.64 bits per heavy atom. The molecule has 1 atom stereocenters. The lowest BCUT2D eigenvalue weighted by molar-refractivity contribution is 0.781. The monoisotopic (exact) mass is 148 g/mol. The lowest BCUT2D eigenvalue weighted by Gasteiger charge is -2.02. The molecule has 0 aliphatic carbocycles. The third-order valence-corrected chi connectivity index (χ3v) is 1.51. The number of nitrogens with two attached hydrogens (primary N) is 1. The van der Waals surface area contributed by atoms with Crippen LogP contribution in [0.1, 0.15) is 24.2 Å². The second kappa shape index (κ2) is 3.30. The molecular formula is C9H12N2. The zero-order valence-electron chi connectivity index (χ0n) is 6.62. The van der Waals surface area contributed by atoms with E-state index in [4.69, 9.17) is 5.73 Å². The number of aromatic nitrogens is 1. The maximum atomic E-state index is 5.62. The summed E-state index contributed by atoms with van der Waals surface area (Å²) >= 11 is 0. The summed E-state index contributed by atoms with van der Waals surface area (Å²) in [4.78, 5) is 4.15. The predicted octanol–water partition coefficient (Wildman–Crippen LogP) is 1.74. The summed E-state index contributed by atoms with van der Waals surface area (Å²) in [5.74, 6) is 0. The first kappa shape index (κ1) is 7.95. The van der Waals surface area contributed by atoms with E-state index in [0.717, 1.165) is 11.3 Å². The number of hydrogen-bond acceptors (Lipinski definition) is 2. The summed E-state index contributed by atoms with van der Waals surface area (Å²) in [7, 11) is 0. The summed E-state index contributed by atoms with van der Waals surface area (Å²) in [6, 6.07) is 3.88. The Balaban J connectivity index is 2.91. The molecule has 0 amide bonds. The van der Waals surface area contributed by atoms with E-state index in [-0.39, 0.29) is 6.04 Å². The maximum Gasteiger partial charge on any atom is 0.0568 e. The Morgan fingerprint density at radius 2 is 2.36 bits per heavy atom. The first-order chi connectivity index (χ1) is 5.24. The molecule has 0 saturated carbocycles. The topological polar surface area (TPSA) is 38.9 Å². The summed E-state index contributed by atoms with van der Waals surface area (Å²) in [6.07, 6.45) is 3.53. The van der Waals surface area contributed by atoms with Gasteiger partial charge in [-0.1, -0.05) is 18.7 Å². The number of pyridine rings is 1. The molecule has 0 aliphatic rings. The van der Waals surface area contributed by atoms with Crippen LogP contribution in [-0.4, -0.2) is 4.98 Å². The molecule has 0 bridgehead atoms. The molecule has 1 aromatic heterocycles. The van der Waals surface area contributed by atoms with Crippen LogP contribution in [0.2, 0.25) is 0 Å². The van der Waals surface area contributed by atoms with Gasteiger partial charge in [0.2, 0.25) is 0 Å². The highest BCUT2D eigenvalue weighted by molar-refractivity contribution is 5.45. The highest BCUT2D eigenvalue weighted by Gasteiger charge is 1.98. The fourth-order valence-corrected chi connectivity index (χ4v) is 0.807. The lowest BCUT2D eigenvalue weighted by atomic mass is 10.2. The summed E-state index contributed by atoms with van der Waals surface area (Å²) in [5.41, 5.74) is 7.55. The molecule has 1 unspecified atom stereocenters. The molecule has 58 valence electrons. The molecule has 0 saturated heterocycles. The minimum absolute atomic E-state index is 0.00821. The van der Waals surface area contributed by atoms with Gasteiger partial charge in [0.15, 0.2) is 0 Å². The van der Waals surface area contributed by atoms with E-state index in [1.54, 1.807) is 12.3 Å². The Labute approximate surface area is 66.8 Å². The average Bonchev–Trinajstić information content (AvgIpc) is 2.05. The quantitative estimate of drug-likeness (QED) is 0.693. The zero-order chi connectivity index (χ0) is 8.27. The van der Waals surface area contributed by atoms with Gasteiger partial charge in [-0.05, 0) is 18.6 Å². The molecule has 0 aromatic carbocycles. The van der Waals surface area contributed by atoms with Gasteiger partial charge >= 0.3 is 0 Å². The molecule has 0 radical (unpaired) electrons. The van der Waals surface area contributed by atoms with Crippen molar-refractivity contribution in [1.82, 2.24) is 4.98 Å². The highest BCUT2D eigenvalue weighted by Crippen LogP contribution is 2.06. The van der Waals surface area contributed by atoms with Crippen molar-refractivity contribution in [1.29, 1.82) is 0 Å². The molecule has 0 spiro atoms. The van der Waals surface area contributed by atoms with Crippen LogP contribution in [0.3, 0.4) is 0 Å². The smallest absolute Gasteiger partial charge is 0.0568 e. The number of rotatable bonds is 2. The molecule has 1 rings (SSSR count). The van der Waals surface area contributed by atoms with Gasteiger partial charge in [0.25, 0.3) is 0 Å². The van der Waals surface area contributed by atoms with Gasteiger partial charge in [-0.3, -0.25) is 4.98 Å². The molecule has 1 heterocycles. The summed E-state index contributed by atoms with van der Waals surface area (Å²) in [6.45, 7) is 5.55. The van der Waals surface area contributed by atoms with E-state index >= 15 is 0 Å². The second-order valence-electron chi connectivity index (χ2n) is 2.51. The largest absolute Gasteiger partial charge is 0.323 e. The molecule has 2 nitrogen and oxygen atoms in total. The standard InChI is InChI=1S/C9H12N2/c1-3-8-4-5-9(7(2)10)11-6-8/h3-7H,1,10H2,2H3. The van der Waals surface area contributed by atoms with Gasteiger partial charge in [-0.2, -0.15) is 0 Å². The van der Waals surface area contributed by atoms with E-state index < -0.39 is 0 Å². The van der Waals surface area contributed by atoms with Crippen LogP contribution >= 0.6 is 0 Å². The van der Waals surface area contributed by atoms with Gasteiger partial charge in [0.1, 0.15) is 0 Å². The summed E-state index contributed by atoms with van der Waals surface area (Å²) < 4.78 is 0. The van der Waals surface area contributed by atoms with Crippen LogP contribution in [0, 0.1) is 0 Å². The van der Waals surface area contributed by atoms with Gasteiger partial charge in [-0.15, -0.1) is 0 Å². The highest BCUT2D eigenvalue weighted by atomic mass is 14.7. The minimum Gasteiger partial charge on any atom is -0.323 e. The first-order valence-electron chi connectivity index (χ1n) is 3.58. The summed E-state index contributed by atoms with van der Waals surface area (Å²) in [5, 5.41) is 0. The Morgan fingerprint density at radius 3 is 2.73 bits per heavy atom. The van der Waals surface area contributed by atoms with Gasteiger partial charge < -0.3 is 5.73 Å². The van der Waals surface area contributed by atoms with Crippen molar-refractivity contribution in [3.63, 3.8) is 0 Å². The van der Waals surface area contributed by atoms with Gasteiger partial charge in [0.05, 0.1) is 5.69 Å². The van der Waals surface area contributed by atoms with E-state index in [1.165, 1.54) is 0 Å². The number of hydrogen-bond donors (Lipinski definition) is 1. The molecular weight excluding hydrogens is 136 g/mol. The number of nitrogens with zero attached hydrogens (tertiary/aromatic N) is 1. The molecule has 1 aromatic rings. The molecule has 0 aliphatic heterocycles. The lowest BCUT2D eigenvalue weighted by Crippen LogP contribution is -2.06. The van der Waals surface area contributed by atoms with Crippen molar-refractivity contribution in [2.24, 2.45) is 5.73 Å². The van der Waals surface area contributed by atoms with Crippen LogP contribution in [-0.2, 0) is 0 Å². The second-order valence-corrected chi connectivity index (χ2v) is 2.51. The van der Waals surface area contributed by atoms with Crippen LogP contribution in [0.25, 0.3) is 6.08 Å². The first-order valence-corrected chi connectivity index (χ1v) is 3.58. The molecule has 0 fully saturated rings. The Hall–Kier alpha value is -1.15. The van der Waals surface area contributed by atoms with E-state index in [1.807, 2.05) is 19.1 Å². The van der Waals surface area contributed by atoms with Crippen molar-refractivity contribution >= 4 is 6.08 Å². The normalized spacial score (nSPS) is 12.5. The minimum atomic E-state index is 0.00821. The van der Waals surface area contributed by atoms with Crippen LogP contribution in [0.4, 0.5) is 0 Å². The van der Waals surface area contributed by atoms with Gasteiger partial charge in [0, 0.05) is 12.2 Å². The van der Waals surface area contributed by atoms with Crippen molar-refractivity contribution in [3.8, 4) is 0 Å². The van der Waals surface area contributed by atoms with Crippen molar-refractivity contribution in [2.45, 2.75) is 13.0 Å².